The van der Waals surface area contributed by atoms with Gasteiger partial charge in [-0.25, -0.2) is 9.78 Å². The van der Waals surface area contributed by atoms with E-state index in [1.807, 2.05) is 0 Å². The van der Waals surface area contributed by atoms with Crippen LogP contribution in [0.3, 0.4) is 0 Å². The molecule has 0 bridgehead atoms. The van der Waals surface area contributed by atoms with Crippen molar-refractivity contribution in [3.8, 4) is 0 Å². The third-order valence-corrected chi connectivity index (χ3v) is 5.08. The van der Waals surface area contributed by atoms with Crippen molar-refractivity contribution in [3.63, 3.8) is 0 Å². The fourth-order valence-corrected chi connectivity index (χ4v) is 3.78. The first-order chi connectivity index (χ1) is 12.3. The predicted octanol–water partition coefficient (Wildman–Crippen LogP) is 5.44. The molecule has 9 heteroatoms. The summed E-state index contributed by atoms with van der Waals surface area (Å²) in [6, 6.07) is 7.90. The van der Waals surface area contributed by atoms with Gasteiger partial charge in [-0.05, 0) is 37.3 Å². The van der Waals surface area contributed by atoms with E-state index in [0.717, 1.165) is 10.2 Å². The summed E-state index contributed by atoms with van der Waals surface area (Å²) in [4.78, 5) is 28.7. The molecule has 1 N–H and O–H groups in total. The second-order valence-corrected chi connectivity index (χ2v) is 7.45. The highest BCUT2D eigenvalue weighted by Crippen LogP contribution is 2.33. The Labute approximate surface area is 167 Å². The lowest BCUT2D eigenvalue weighted by atomic mass is 10.2. The molecule has 1 atom stereocenters. The van der Waals surface area contributed by atoms with E-state index < -0.39 is 18.0 Å². The number of carbonyl (C=O) groups excluding carboxylic acids is 2. The van der Waals surface area contributed by atoms with Crippen LogP contribution < -0.4 is 5.32 Å². The minimum atomic E-state index is -1.05. The van der Waals surface area contributed by atoms with Crippen molar-refractivity contribution >= 4 is 73.9 Å². The number of hydrogen-bond acceptors (Lipinski definition) is 5. The van der Waals surface area contributed by atoms with Crippen molar-refractivity contribution in [3.05, 3.63) is 56.5 Å². The lowest BCUT2D eigenvalue weighted by Crippen LogP contribution is -2.30. The van der Waals surface area contributed by atoms with Gasteiger partial charge in [0, 0.05) is 5.02 Å². The molecule has 0 radical (unpaired) electrons. The van der Waals surface area contributed by atoms with Crippen LogP contribution in [0.1, 0.15) is 17.3 Å². The van der Waals surface area contributed by atoms with Crippen LogP contribution in [0.15, 0.2) is 35.8 Å². The molecule has 1 amide bonds. The zero-order valence-corrected chi connectivity index (χ0v) is 16.3. The van der Waals surface area contributed by atoms with Crippen LogP contribution in [0.25, 0.3) is 10.2 Å². The number of benzene rings is 2. The molecule has 0 aliphatic heterocycles. The summed E-state index contributed by atoms with van der Waals surface area (Å²) in [5, 5.41) is 3.26. The Morgan fingerprint density at radius 1 is 1.15 bits per heavy atom. The van der Waals surface area contributed by atoms with E-state index in [1.54, 1.807) is 23.7 Å². The zero-order valence-electron chi connectivity index (χ0n) is 13.3. The summed E-state index contributed by atoms with van der Waals surface area (Å²) in [6.07, 6.45) is -1.05. The van der Waals surface area contributed by atoms with Gasteiger partial charge in [0.05, 0.1) is 37.0 Å². The number of carbonyl (C=O) groups is 2. The Hall–Kier alpha value is -1.86. The van der Waals surface area contributed by atoms with Crippen LogP contribution in [0.4, 0.5) is 5.69 Å². The number of amides is 1. The molecular weight excluding hydrogens is 419 g/mol. The molecule has 0 unspecified atom stereocenters. The van der Waals surface area contributed by atoms with Gasteiger partial charge in [0.1, 0.15) is 0 Å². The largest absolute Gasteiger partial charge is 0.449 e. The summed E-state index contributed by atoms with van der Waals surface area (Å²) >= 11 is 19.3. The number of anilines is 1. The monoisotopic (exact) mass is 428 g/mol. The summed E-state index contributed by atoms with van der Waals surface area (Å²) in [7, 11) is 0. The maximum absolute atomic E-state index is 12.3. The number of ether oxygens (including phenoxy) is 1. The number of hydrogen-bond donors (Lipinski definition) is 1. The fraction of sp³-hybridized carbons (Fsp3) is 0.118. The maximum atomic E-state index is 12.3. The molecule has 1 heterocycles. The van der Waals surface area contributed by atoms with Crippen molar-refractivity contribution in [2.24, 2.45) is 0 Å². The second-order valence-electron chi connectivity index (χ2n) is 5.32. The van der Waals surface area contributed by atoms with Gasteiger partial charge in [-0.15, -0.1) is 11.3 Å². The van der Waals surface area contributed by atoms with Gasteiger partial charge in [-0.2, -0.15) is 0 Å². The number of rotatable bonds is 4. The third kappa shape index (κ3) is 4.10. The Kier molecular flexibility index (Phi) is 5.67. The number of fused-ring (bicyclic) bond motifs is 1. The lowest BCUT2D eigenvalue weighted by Gasteiger charge is -2.15. The average Bonchev–Trinajstić information content (AvgIpc) is 3.05. The van der Waals surface area contributed by atoms with E-state index in [9.17, 15) is 9.59 Å². The maximum Gasteiger partial charge on any atom is 0.338 e. The topological polar surface area (TPSA) is 68.3 Å². The quantitative estimate of drug-likeness (QED) is 0.561. The molecule has 3 aromatic rings. The first kappa shape index (κ1) is 18.9. The van der Waals surface area contributed by atoms with Gasteiger partial charge < -0.3 is 10.1 Å². The van der Waals surface area contributed by atoms with E-state index >= 15 is 0 Å². The molecule has 0 saturated heterocycles. The van der Waals surface area contributed by atoms with Crippen LogP contribution >= 0.6 is 46.1 Å². The molecular formula is C17H11Cl3N2O3S. The Bertz CT molecular complexity index is 983. The Morgan fingerprint density at radius 2 is 1.85 bits per heavy atom. The van der Waals surface area contributed by atoms with Gasteiger partial charge in [0.25, 0.3) is 5.91 Å². The van der Waals surface area contributed by atoms with Crippen molar-refractivity contribution in [1.82, 2.24) is 4.98 Å². The van der Waals surface area contributed by atoms with Gasteiger partial charge in [0.2, 0.25) is 0 Å². The Morgan fingerprint density at radius 3 is 2.54 bits per heavy atom. The van der Waals surface area contributed by atoms with Crippen LogP contribution in [-0.4, -0.2) is 23.0 Å². The van der Waals surface area contributed by atoms with E-state index in [1.165, 1.54) is 30.4 Å². The number of halogens is 3. The average molecular weight is 430 g/mol. The molecule has 0 fully saturated rings. The molecule has 0 aliphatic rings. The van der Waals surface area contributed by atoms with Crippen LogP contribution in [-0.2, 0) is 9.53 Å². The van der Waals surface area contributed by atoms with E-state index in [2.05, 4.69) is 10.3 Å². The van der Waals surface area contributed by atoms with Crippen molar-refractivity contribution in [2.75, 3.05) is 5.32 Å². The first-order valence-electron chi connectivity index (χ1n) is 7.35. The Balaban J connectivity index is 1.70. The molecule has 0 aliphatic carbocycles. The predicted molar refractivity (Wildman–Crippen MR) is 105 cm³/mol. The zero-order chi connectivity index (χ0) is 18.8. The number of thiazole rings is 1. The number of esters is 1. The van der Waals surface area contributed by atoms with Gasteiger partial charge in [-0.1, -0.05) is 34.8 Å². The number of aromatic nitrogens is 1. The van der Waals surface area contributed by atoms with Crippen LogP contribution in [0.5, 0.6) is 0 Å². The summed E-state index contributed by atoms with van der Waals surface area (Å²) < 4.78 is 6.08. The van der Waals surface area contributed by atoms with Gasteiger partial charge >= 0.3 is 5.97 Å². The minimum absolute atomic E-state index is 0.185. The molecule has 134 valence electrons. The molecule has 1 aromatic heterocycles. The molecule has 0 spiro atoms. The minimum Gasteiger partial charge on any atom is -0.449 e. The highest BCUT2D eigenvalue weighted by Gasteiger charge is 2.21. The highest BCUT2D eigenvalue weighted by molar-refractivity contribution is 7.16. The van der Waals surface area contributed by atoms with E-state index in [0.29, 0.717) is 10.6 Å². The van der Waals surface area contributed by atoms with Gasteiger partial charge in [0.15, 0.2) is 6.10 Å². The lowest BCUT2D eigenvalue weighted by molar-refractivity contribution is -0.123. The van der Waals surface area contributed by atoms with Crippen LogP contribution in [0, 0.1) is 0 Å². The highest BCUT2D eigenvalue weighted by atomic mass is 35.5. The fourth-order valence-electron chi connectivity index (χ4n) is 2.15. The second kappa shape index (κ2) is 7.80. The molecule has 3 rings (SSSR count). The summed E-state index contributed by atoms with van der Waals surface area (Å²) in [6.45, 7) is 1.45. The van der Waals surface area contributed by atoms with E-state index in [-0.39, 0.29) is 15.7 Å². The molecule has 2 aromatic carbocycles. The van der Waals surface area contributed by atoms with Gasteiger partial charge in [-0.3, -0.25) is 4.79 Å². The summed E-state index contributed by atoms with van der Waals surface area (Å²) in [5.74, 6) is -1.18. The normalized spacial score (nSPS) is 12.0. The van der Waals surface area contributed by atoms with Crippen molar-refractivity contribution in [2.45, 2.75) is 13.0 Å². The SMILES string of the molecule is C[C@H](OC(=O)c1ccc2ncsc2c1)C(=O)Nc1c(Cl)cc(Cl)cc1Cl. The third-order valence-electron chi connectivity index (χ3n) is 3.48. The smallest absolute Gasteiger partial charge is 0.338 e. The molecule has 26 heavy (non-hydrogen) atoms. The first-order valence-corrected chi connectivity index (χ1v) is 9.36. The number of nitrogens with zero attached hydrogens (tertiary/aromatic N) is 1. The summed E-state index contributed by atoms with van der Waals surface area (Å²) in [5.41, 5.74) is 3.03. The number of nitrogens with one attached hydrogen (secondary N) is 1. The molecule has 5 nitrogen and oxygen atoms in total. The van der Waals surface area contributed by atoms with Crippen molar-refractivity contribution < 1.29 is 14.3 Å². The van der Waals surface area contributed by atoms with Crippen molar-refractivity contribution in [1.29, 1.82) is 0 Å². The van der Waals surface area contributed by atoms with Crippen LogP contribution in [0.2, 0.25) is 15.1 Å². The van der Waals surface area contributed by atoms with E-state index in [4.69, 9.17) is 39.5 Å². The standard InChI is InChI=1S/C17H11Cl3N2O3S/c1-8(16(23)22-15-11(19)5-10(18)6-12(15)20)25-17(24)9-2-3-13-14(4-9)26-7-21-13/h2-8H,1H3,(H,22,23)/t8-/m0/s1. The molecule has 0 saturated carbocycles.